The first-order valence-electron chi connectivity index (χ1n) is 8.32. The molecule has 0 unspecified atom stereocenters. The molecule has 6 heteroatoms. The molecule has 2 aromatic rings. The Balaban J connectivity index is 1.86. The van der Waals surface area contributed by atoms with E-state index >= 15 is 0 Å². The summed E-state index contributed by atoms with van der Waals surface area (Å²) in [4.78, 5) is 25.3. The van der Waals surface area contributed by atoms with Crippen LogP contribution < -0.4 is 9.80 Å². The van der Waals surface area contributed by atoms with Gasteiger partial charge in [-0.2, -0.15) is 0 Å². The highest BCUT2D eigenvalue weighted by atomic mass is 16.5. The smallest absolute Gasteiger partial charge is 0.231 e. The van der Waals surface area contributed by atoms with Crippen LogP contribution in [0, 0.1) is 0 Å². The average molecular weight is 326 g/mol. The van der Waals surface area contributed by atoms with Gasteiger partial charge in [0.1, 0.15) is 0 Å². The topological polar surface area (TPSA) is 58.6 Å². The molecule has 1 saturated heterocycles. The van der Waals surface area contributed by atoms with Crippen LogP contribution in [-0.4, -0.2) is 42.2 Å². The van der Waals surface area contributed by atoms with Gasteiger partial charge in [-0.25, -0.2) is 9.97 Å². The highest BCUT2D eigenvalue weighted by Crippen LogP contribution is 2.26. The second-order valence-electron chi connectivity index (χ2n) is 5.66. The fraction of sp³-hybridized carbons (Fsp3) is 0.389. The molecule has 0 saturated carbocycles. The molecule has 0 atom stereocenters. The van der Waals surface area contributed by atoms with Crippen LogP contribution in [0.25, 0.3) is 0 Å². The lowest BCUT2D eigenvalue weighted by molar-refractivity contribution is -0.117. The van der Waals surface area contributed by atoms with Crippen molar-refractivity contribution >= 4 is 23.2 Å². The summed E-state index contributed by atoms with van der Waals surface area (Å²) in [5, 5.41) is 0. The molecule has 0 spiro atoms. The summed E-state index contributed by atoms with van der Waals surface area (Å²) in [5.74, 6) is 0.726. The molecule has 24 heavy (non-hydrogen) atoms. The van der Waals surface area contributed by atoms with Crippen LogP contribution in [0.2, 0.25) is 0 Å². The van der Waals surface area contributed by atoms with E-state index in [1.807, 2.05) is 37.3 Å². The van der Waals surface area contributed by atoms with Crippen LogP contribution in [-0.2, 0) is 9.53 Å². The van der Waals surface area contributed by atoms with Gasteiger partial charge in [-0.05, 0) is 18.6 Å². The molecule has 1 aromatic carbocycles. The zero-order chi connectivity index (χ0) is 16.8. The Morgan fingerprint density at radius 2 is 1.79 bits per heavy atom. The Labute approximate surface area is 142 Å². The van der Waals surface area contributed by atoms with Crippen molar-refractivity contribution in [3.05, 3.63) is 42.7 Å². The summed E-state index contributed by atoms with van der Waals surface area (Å²) in [6.45, 7) is 4.96. The molecule has 1 aliphatic rings. The predicted molar refractivity (Wildman–Crippen MR) is 93.6 cm³/mol. The molecule has 6 nitrogen and oxygen atoms in total. The van der Waals surface area contributed by atoms with Gasteiger partial charge in [-0.3, -0.25) is 9.69 Å². The number of hydrogen-bond acceptors (Lipinski definition) is 5. The van der Waals surface area contributed by atoms with Crippen molar-refractivity contribution < 1.29 is 9.53 Å². The molecule has 2 heterocycles. The Morgan fingerprint density at radius 3 is 2.42 bits per heavy atom. The molecule has 1 fully saturated rings. The van der Waals surface area contributed by atoms with Gasteiger partial charge in [0, 0.05) is 25.2 Å². The van der Waals surface area contributed by atoms with E-state index in [9.17, 15) is 4.79 Å². The van der Waals surface area contributed by atoms with Gasteiger partial charge in [0.25, 0.3) is 0 Å². The first-order valence-corrected chi connectivity index (χ1v) is 8.32. The van der Waals surface area contributed by atoms with Gasteiger partial charge in [-0.15, -0.1) is 0 Å². The van der Waals surface area contributed by atoms with Crippen molar-refractivity contribution in [2.75, 3.05) is 36.1 Å². The maximum absolute atomic E-state index is 12.6. The second kappa shape index (κ2) is 7.88. The van der Waals surface area contributed by atoms with Crippen molar-refractivity contribution in [3.8, 4) is 0 Å². The Morgan fingerprint density at radius 1 is 1.12 bits per heavy atom. The molecule has 3 rings (SSSR count). The number of para-hydroxylation sites is 1. The lowest BCUT2D eigenvalue weighted by Gasteiger charge is -2.27. The number of nitrogens with zero attached hydrogens (tertiary/aromatic N) is 4. The van der Waals surface area contributed by atoms with Gasteiger partial charge in [-0.1, -0.05) is 25.1 Å². The average Bonchev–Trinajstić information content (AvgIpc) is 2.64. The normalized spacial score (nSPS) is 14.5. The summed E-state index contributed by atoms with van der Waals surface area (Å²) in [6, 6.07) is 9.62. The van der Waals surface area contributed by atoms with Crippen LogP contribution in [0.3, 0.4) is 0 Å². The Kier molecular flexibility index (Phi) is 5.38. The summed E-state index contributed by atoms with van der Waals surface area (Å²) in [6.07, 6.45) is 4.73. The van der Waals surface area contributed by atoms with Crippen LogP contribution in [0.4, 0.5) is 17.3 Å². The number of carbonyl (C=O) groups is 1. The molecule has 1 aliphatic heterocycles. The summed E-state index contributed by atoms with van der Waals surface area (Å²) in [7, 11) is 0. The number of hydrogen-bond donors (Lipinski definition) is 0. The number of aromatic nitrogens is 2. The SMILES string of the molecule is CCCC(=O)N(c1ccccc1)c1cnc(N2CCOCC2)nc1. The third-order valence-corrected chi connectivity index (χ3v) is 3.90. The van der Waals surface area contributed by atoms with Crippen molar-refractivity contribution in [2.24, 2.45) is 0 Å². The van der Waals surface area contributed by atoms with Gasteiger partial charge >= 0.3 is 0 Å². The number of anilines is 3. The van der Waals surface area contributed by atoms with Crippen LogP contribution in [0.1, 0.15) is 19.8 Å². The van der Waals surface area contributed by atoms with Gasteiger partial charge < -0.3 is 9.64 Å². The second-order valence-corrected chi connectivity index (χ2v) is 5.66. The van der Waals surface area contributed by atoms with Crippen molar-refractivity contribution in [2.45, 2.75) is 19.8 Å². The van der Waals surface area contributed by atoms with E-state index in [1.165, 1.54) is 0 Å². The number of morpholine rings is 1. The standard InChI is InChI=1S/C18H22N4O2/c1-2-6-17(23)22(15-7-4-3-5-8-15)16-13-19-18(20-14-16)21-9-11-24-12-10-21/h3-5,7-8,13-14H,2,6,9-12H2,1H3. The minimum Gasteiger partial charge on any atom is -0.378 e. The molecular formula is C18H22N4O2. The number of rotatable bonds is 5. The molecule has 1 amide bonds. The van der Waals surface area contributed by atoms with Crippen molar-refractivity contribution in [1.29, 1.82) is 0 Å². The van der Waals surface area contributed by atoms with Crippen LogP contribution in [0.5, 0.6) is 0 Å². The number of carbonyl (C=O) groups excluding carboxylic acids is 1. The maximum atomic E-state index is 12.6. The minimum absolute atomic E-state index is 0.0476. The molecule has 0 aliphatic carbocycles. The summed E-state index contributed by atoms with van der Waals surface area (Å²) in [5.41, 5.74) is 1.52. The van der Waals surface area contributed by atoms with Gasteiger partial charge in [0.15, 0.2) is 0 Å². The third kappa shape index (κ3) is 3.71. The zero-order valence-electron chi connectivity index (χ0n) is 13.9. The highest BCUT2D eigenvalue weighted by molar-refractivity contribution is 6.00. The number of benzene rings is 1. The minimum atomic E-state index is 0.0476. The van der Waals surface area contributed by atoms with E-state index in [-0.39, 0.29) is 5.91 Å². The van der Waals surface area contributed by atoms with Crippen LogP contribution >= 0.6 is 0 Å². The Bertz CT molecular complexity index is 654. The van der Waals surface area contributed by atoms with Crippen LogP contribution in [0.15, 0.2) is 42.7 Å². The highest BCUT2D eigenvalue weighted by Gasteiger charge is 2.19. The van der Waals surface area contributed by atoms with E-state index in [2.05, 4.69) is 14.9 Å². The molecule has 0 radical (unpaired) electrons. The Hall–Kier alpha value is -2.47. The summed E-state index contributed by atoms with van der Waals surface area (Å²) >= 11 is 0. The molecule has 0 N–H and O–H groups in total. The zero-order valence-corrected chi connectivity index (χ0v) is 13.9. The van der Waals surface area contributed by atoms with Crippen molar-refractivity contribution in [1.82, 2.24) is 9.97 Å². The maximum Gasteiger partial charge on any atom is 0.231 e. The first kappa shape index (κ1) is 16.4. The van der Waals surface area contributed by atoms with Crippen molar-refractivity contribution in [3.63, 3.8) is 0 Å². The number of ether oxygens (including phenoxy) is 1. The lowest BCUT2D eigenvalue weighted by atomic mass is 10.2. The first-order chi connectivity index (χ1) is 11.8. The molecule has 1 aromatic heterocycles. The van der Waals surface area contributed by atoms with E-state index in [4.69, 9.17) is 4.74 Å². The lowest BCUT2D eigenvalue weighted by Crippen LogP contribution is -2.37. The largest absolute Gasteiger partial charge is 0.378 e. The quantitative estimate of drug-likeness (QED) is 0.845. The van der Waals surface area contributed by atoms with E-state index in [0.29, 0.717) is 31.3 Å². The van der Waals surface area contributed by atoms with Gasteiger partial charge in [0.05, 0.1) is 31.3 Å². The van der Waals surface area contributed by atoms with E-state index < -0.39 is 0 Å². The fourth-order valence-corrected chi connectivity index (χ4v) is 2.70. The van der Waals surface area contributed by atoms with E-state index in [0.717, 1.165) is 25.2 Å². The predicted octanol–water partition coefficient (Wildman–Crippen LogP) is 2.78. The fourth-order valence-electron chi connectivity index (χ4n) is 2.70. The summed E-state index contributed by atoms with van der Waals surface area (Å²) < 4.78 is 5.35. The third-order valence-electron chi connectivity index (χ3n) is 3.90. The molecule has 0 bridgehead atoms. The molecule has 126 valence electrons. The van der Waals surface area contributed by atoms with Gasteiger partial charge in [0.2, 0.25) is 11.9 Å². The van der Waals surface area contributed by atoms with E-state index in [1.54, 1.807) is 17.3 Å². The number of amides is 1. The molecular weight excluding hydrogens is 304 g/mol. The monoisotopic (exact) mass is 326 g/mol.